The quantitative estimate of drug-likeness (QED) is 0.296. The second-order valence-electron chi connectivity index (χ2n) is 7.20. The summed E-state index contributed by atoms with van der Waals surface area (Å²) in [5.74, 6) is 0. The van der Waals surface area contributed by atoms with Crippen molar-refractivity contribution in [1.29, 1.82) is 126 Å². The SMILES string of the molecule is N#[C][Fe-3]([C]#N)([C]#N)([C]#N)([C]#N)[C]#N.N#[C][Fe-3]([C]#N)([C]#N)([C]#N)([C]#N)[C]#N.N#[C][Fe-3]([C]#N)([C]#N)([C]#N)([C]#N)[C]#N.N#[C][Fe-3]([C]#N)([C]#N)([C]#N)([C]#N)[C]#N.[Os+4].[Os+4].[Os+4]. The predicted molar refractivity (Wildman–Crippen MR) is 135 cm³/mol. The van der Waals surface area contributed by atoms with E-state index < -0.39 is 42.9 Å². The Kier molecular flexibility index (Phi) is 18.0. The van der Waals surface area contributed by atoms with Crippen molar-refractivity contribution in [3.05, 3.63) is 0 Å². The maximum absolute atomic E-state index is 8.58. The van der Waals surface area contributed by atoms with E-state index in [2.05, 4.69) is 0 Å². The summed E-state index contributed by atoms with van der Waals surface area (Å²) in [7, 11) is -24.7. The third-order valence-electron chi connectivity index (χ3n) is 4.74. The van der Waals surface area contributed by atoms with Crippen molar-refractivity contribution in [3.63, 3.8) is 0 Å². The van der Waals surface area contributed by atoms with Crippen molar-refractivity contribution in [1.82, 2.24) is 0 Å². The van der Waals surface area contributed by atoms with E-state index in [1.165, 1.54) is 0 Å². The van der Waals surface area contributed by atoms with E-state index in [-0.39, 0.29) is 59.4 Å². The smallest absolute Gasteiger partial charge is 4.00 e. The van der Waals surface area contributed by atoms with E-state index in [9.17, 15) is 0 Å². The average molecular weight is 1420 g/mol. The summed E-state index contributed by atoms with van der Waals surface area (Å²) in [6.07, 6.45) is 0. The molecule has 0 saturated heterocycles. The summed E-state index contributed by atoms with van der Waals surface area (Å²) in [4.78, 5) is 24.8. The molecule has 0 aliphatic carbocycles. The zero-order chi connectivity index (χ0) is 42.6. The van der Waals surface area contributed by atoms with Gasteiger partial charge in [-0.15, -0.1) is 0 Å². The first-order valence-corrected chi connectivity index (χ1v) is 22.9. The van der Waals surface area contributed by atoms with Crippen molar-refractivity contribution >= 4 is 0 Å². The van der Waals surface area contributed by atoms with E-state index in [1.54, 1.807) is 0 Å². The van der Waals surface area contributed by atoms with E-state index in [1.807, 2.05) is 0 Å². The molecule has 0 rings (SSSR count). The van der Waals surface area contributed by atoms with Crippen LogP contribution >= 0.6 is 0 Å². The van der Waals surface area contributed by atoms with E-state index in [0.29, 0.717) is 0 Å². The third kappa shape index (κ3) is 7.01. The normalized spacial score (nSPS) is 12.7. The minimum Gasteiger partial charge on any atom is 4.00 e. The first-order chi connectivity index (χ1) is 23.9. The summed E-state index contributed by atoms with van der Waals surface area (Å²) >= 11 is 0. The molecule has 31 heteroatoms. The van der Waals surface area contributed by atoms with Crippen LogP contribution in [0.5, 0.6) is 0 Å². The number of rotatable bonds is 0. The molecule has 0 aromatic carbocycles. The minimum absolute atomic E-state index is 0. The van der Waals surface area contributed by atoms with Crippen LogP contribution in [-0.4, -0.2) is 0 Å². The third-order valence-corrected chi connectivity index (χ3v) is 19.6. The second-order valence-corrected chi connectivity index (χ2v) is 29.7. The molecule has 0 amide bonds. The van der Waals surface area contributed by atoms with Crippen LogP contribution in [-0.2, 0) is 102 Å². The molecule has 0 aromatic heterocycles. The zero-order valence-corrected chi connectivity index (χ0v) is 37.2. The van der Waals surface area contributed by atoms with Gasteiger partial charge in [0.15, 0.2) is 0 Å². The maximum atomic E-state index is 8.58. The predicted octanol–water partition coefficient (Wildman–Crippen LogP) is 0.385. The fourth-order valence-corrected chi connectivity index (χ4v) is 4.37. The molecule has 0 spiro atoms. The number of hydrogen-bond acceptors (Lipinski definition) is 24. The Morgan fingerprint density at radius 3 is 0.164 bits per heavy atom. The molecule has 24 nitrogen and oxygen atoms in total. The van der Waals surface area contributed by atoms with Crippen molar-refractivity contribution in [2.75, 3.05) is 0 Å². The van der Waals surface area contributed by atoms with Gasteiger partial charge in [0.05, 0.1) is 0 Å². The Morgan fingerprint density at radius 1 is 0.127 bits per heavy atom. The maximum Gasteiger partial charge on any atom is 4.00 e. The van der Waals surface area contributed by atoms with Gasteiger partial charge >= 0.3 is 348 Å². The molecule has 0 aromatic rings. The molecule has 0 bridgehead atoms. The zero-order valence-electron chi connectivity index (χ0n) is 25.2. The summed E-state index contributed by atoms with van der Waals surface area (Å²) < 4.78 is 0. The second kappa shape index (κ2) is 16.0. The number of hydrogen-bond donors (Lipinski definition) is 0. The molecular weight excluding hydrogens is 1420 g/mol. The van der Waals surface area contributed by atoms with Crippen LogP contribution in [0.3, 0.4) is 0 Å². The van der Waals surface area contributed by atoms with Gasteiger partial charge in [-0.25, -0.2) is 0 Å². The Balaban J connectivity index is -0.000000110. The first kappa shape index (κ1) is 61.9. The molecule has 0 unspecified atom stereocenters. The average Bonchev–Trinajstić information content (AvgIpc) is 3.27. The molecule has 0 heterocycles. The van der Waals surface area contributed by atoms with E-state index in [4.69, 9.17) is 126 Å². The van der Waals surface area contributed by atoms with Crippen LogP contribution in [0, 0.1) is 246 Å². The Bertz CT molecular complexity index is 1970. The minimum atomic E-state index is -6.17. The Hall–Kier alpha value is -8.25. The summed E-state index contributed by atoms with van der Waals surface area (Å²) in [5, 5.41) is 206. The first-order valence-electron chi connectivity index (χ1n) is 9.61. The molecule has 0 fully saturated rings. The van der Waals surface area contributed by atoms with Crippen molar-refractivity contribution < 1.29 is 102 Å². The van der Waals surface area contributed by atoms with Crippen LogP contribution in [0.25, 0.3) is 0 Å². The Labute approximate surface area is 344 Å². The van der Waals surface area contributed by atoms with Crippen LogP contribution in [0.15, 0.2) is 0 Å². The topological polar surface area (TPSA) is 571 Å². The summed E-state index contributed by atoms with van der Waals surface area (Å²) in [5.41, 5.74) is 0. The molecule has 0 aliphatic heterocycles. The van der Waals surface area contributed by atoms with Crippen LogP contribution < -0.4 is 0 Å². The fourth-order valence-electron chi connectivity index (χ4n) is 1.06. The molecule has 0 atom stereocenters. The van der Waals surface area contributed by atoms with Gasteiger partial charge < -0.3 is 0 Å². The fraction of sp³-hybridized carbons (Fsp3) is 0. The Morgan fingerprint density at radius 2 is 0.164 bits per heavy atom. The number of nitrogens with zero attached hydrogens (tertiary/aromatic N) is 24. The van der Waals surface area contributed by atoms with E-state index in [0.717, 1.165) is 119 Å². The van der Waals surface area contributed by atoms with Crippen LogP contribution in [0.2, 0.25) is 0 Å². The number of nitriles is 24. The van der Waals surface area contributed by atoms with Gasteiger partial charge in [-0.1, -0.05) is 0 Å². The van der Waals surface area contributed by atoms with Crippen molar-refractivity contribution in [3.8, 4) is 119 Å². The summed E-state index contributed by atoms with van der Waals surface area (Å²) in [6, 6.07) is 0. The van der Waals surface area contributed by atoms with Crippen molar-refractivity contribution in [2.45, 2.75) is 0 Å². The molecule has 55 heavy (non-hydrogen) atoms. The van der Waals surface area contributed by atoms with Crippen LogP contribution in [0.1, 0.15) is 0 Å². The molecule has 0 radical (unpaired) electrons. The van der Waals surface area contributed by atoms with E-state index >= 15 is 0 Å². The molecule has 0 N–H and O–H groups in total. The van der Waals surface area contributed by atoms with Gasteiger partial charge in [0, 0.05) is 0 Å². The molecule has 272 valence electrons. The van der Waals surface area contributed by atoms with Gasteiger partial charge in [-0.05, 0) is 0 Å². The van der Waals surface area contributed by atoms with Gasteiger partial charge in [0.25, 0.3) is 0 Å². The molecular formula is C24Fe4N24Os3. The van der Waals surface area contributed by atoms with Gasteiger partial charge in [0.1, 0.15) is 0 Å². The standard InChI is InChI=1S/24CN.4Fe.3Os/c24*1-2;;;;;;;/q;;;;;;;;;;;;;;;;;;;;;;;;4*-3;3*+4. The summed E-state index contributed by atoms with van der Waals surface area (Å²) in [6.45, 7) is 0. The monoisotopic (exact) mass is 1420 g/mol. The molecule has 0 saturated carbocycles. The molecule has 0 aliphatic rings. The van der Waals surface area contributed by atoms with Gasteiger partial charge in [-0.2, -0.15) is 0 Å². The van der Waals surface area contributed by atoms with Gasteiger partial charge in [0.2, 0.25) is 0 Å². The largest absolute Gasteiger partial charge is 4.00 e. The van der Waals surface area contributed by atoms with Gasteiger partial charge in [-0.3, -0.25) is 0 Å². The van der Waals surface area contributed by atoms with Crippen LogP contribution in [0.4, 0.5) is 0 Å². The van der Waals surface area contributed by atoms with Crippen molar-refractivity contribution in [2.24, 2.45) is 0 Å².